The SMILES string of the molecule is COc1cc(OC)c(F)c(N(Cc2nc(Br)cn2COCC[Si-](C)(C)C)c2ccc3ncc(-c4cnn(C)c4)nc3n2)c1. The average Bonchev–Trinajstić information content (AvgIpc) is 3.57. The molecule has 0 saturated heterocycles. The van der Waals surface area contributed by atoms with E-state index >= 15 is 4.39 Å². The number of hydrogen-bond donors (Lipinski definition) is 0. The van der Waals surface area contributed by atoms with Gasteiger partial charge in [0.2, 0.25) is 0 Å². The second-order valence-corrected chi connectivity index (χ2v) is 17.7. The van der Waals surface area contributed by atoms with E-state index < -0.39 is 13.9 Å². The summed E-state index contributed by atoms with van der Waals surface area (Å²) in [5.41, 5.74) is 2.63. The van der Waals surface area contributed by atoms with Crippen molar-refractivity contribution >= 4 is 46.7 Å². The van der Waals surface area contributed by atoms with Crippen LogP contribution in [0.1, 0.15) is 5.82 Å². The van der Waals surface area contributed by atoms with Crippen LogP contribution in [0.3, 0.4) is 0 Å². The molecule has 0 bridgehead atoms. The number of aromatic nitrogens is 7. The van der Waals surface area contributed by atoms with Crippen molar-refractivity contribution in [3.63, 3.8) is 0 Å². The van der Waals surface area contributed by atoms with Gasteiger partial charge in [0.1, 0.15) is 34.2 Å². The van der Waals surface area contributed by atoms with Crippen LogP contribution in [0.15, 0.2) is 53.7 Å². The topological polar surface area (TPSA) is 105 Å². The molecule has 4 heterocycles. The molecule has 0 fully saturated rings. The van der Waals surface area contributed by atoms with Crippen molar-refractivity contribution in [1.29, 1.82) is 0 Å². The molecule has 14 heteroatoms. The summed E-state index contributed by atoms with van der Waals surface area (Å²) in [6.45, 7) is 8.05. The van der Waals surface area contributed by atoms with Crippen molar-refractivity contribution < 1.29 is 18.6 Å². The fourth-order valence-electron chi connectivity index (χ4n) is 4.38. The van der Waals surface area contributed by atoms with Crippen molar-refractivity contribution in [2.45, 2.75) is 39.0 Å². The third-order valence-electron chi connectivity index (χ3n) is 6.77. The third kappa shape index (κ3) is 7.20. The van der Waals surface area contributed by atoms with E-state index in [0.717, 1.165) is 11.6 Å². The summed E-state index contributed by atoms with van der Waals surface area (Å²) in [4.78, 5) is 20.5. The lowest BCUT2D eigenvalue weighted by Crippen LogP contribution is -2.24. The van der Waals surface area contributed by atoms with Gasteiger partial charge in [0.05, 0.1) is 44.5 Å². The van der Waals surface area contributed by atoms with Gasteiger partial charge in [-0.15, -0.1) is 14.1 Å². The van der Waals surface area contributed by atoms with Crippen LogP contribution in [0.5, 0.6) is 11.5 Å². The molecule has 0 saturated carbocycles. The number of aryl methyl sites for hydroxylation is 1. The normalized spacial score (nSPS) is 11.7. The summed E-state index contributed by atoms with van der Waals surface area (Å²) >= 11 is 3.50. The van der Waals surface area contributed by atoms with Crippen LogP contribution in [0, 0.1) is 5.82 Å². The van der Waals surface area contributed by atoms with Crippen LogP contribution in [-0.2, 0) is 25.1 Å². The van der Waals surface area contributed by atoms with Crippen molar-refractivity contribution in [1.82, 2.24) is 34.3 Å². The van der Waals surface area contributed by atoms with Gasteiger partial charge in [-0.3, -0.25) is 9.67 Å². The Morgan fingerprint density at radius 1 is 1.02 bits per heavy atom. The van der Waals surface area contributed by atoms with E-state index in [4.69, 9.17) is 24.2 Å². The van der Waals surface area contributed by atoms with E-state index in [1.807, 2.05) is 30.1 Å². The quantitative estimate of drug-likeness (QED) is 0.114. The van der Waals surface area contributed by atoms with E-state index in [2.05, 4.69) is 50.6 Å². The Bertz CT molecular complexity index is 1740. The van der Waals surface area contributed by atoms with Crippen LogP contribution < -0.4 is 14.4 Å². The van der Waals surface area contributed by atoms with Gasteiger partial charge in [-0.2, -0.15) is 24.7 Å². The summed E-state index contributed by atoms with van der Waals surface area (Å²) in [5, 5.41) is 4.23. The maximum absolute atomic E-state index is 16.0. The molecule has 0 aliphatic heterocycles. The van der Waals surface area contributed by atoms with E-state index in [9.17, 15) is 0 Å². The van der Waals surface area contributed by atoms with E-state index in [1.54, 1.807) is 34.1 Å². The minimum absolute atomic E-state index is 0.0398. The molecule has 0 atom stereocenters. The smallest absolute Gasteiger partial charge is 0.188 e. The van der Waals surface area contributed by atoms with Crippen molar-refractivity contribution in [2.24, 2.45) is 7.05 Å². The van der Waals surface area contributed by atoms with E-state index in [1.165, 1.54) is 20.3 Å². The molecule has 227 valence electrons. The van der Waals surface area contributed by atoms with Gasteiger partial charge in [-0.05, 0) is 28.1 Å². The Morgan fingerprint density at radius 2 is 1.84 bits per heavy atom. The number of hydrogen-bond acceptors (Lipinski definition) is 9. The minimum Gasteiger partial charge on any atom is -0.497 e. The number of pyridine rings is 1. The number of ether oxygens (including phenoxy) is 3. The first kappa shape index (κ1) is 30.6. The van der Waals surface area contributed by atoms with Gasteiger partial charge in [-0.25, -0.2) is 19.3 Å². The summed E-state index contributed by atoms with van der Waals surface area (Å²) in [6, 6.07) is 7.73. The Hall–Kier alpha value is -3.88. The van der Waals surface area contributed by atoms with E-state index in [-0.39, 0.29) is 18.0 Å². The molecule has 43 heavy (non-hydrogen) atoms. The average molecular weight is 670 g/mol. The fraction of sp³-hybridized carbons (Fsp3) is 0.345. The lowest BCUT2D eigenvalue weighted by atomic mass is 10.2. The largest absolute Gasteiger partial charge is 0.497 e. The predicted octanol–water partition coefficient (Wildman–Crippen LogP) is 6.19. The number of halogens is 2. The van der Waals surface area contributed by atoms with Crippen LogP contribution in [0.25, 0.3) is 22.4 Å². The number of anilines is 2. The van der Waals surface area contributed by atoms with Crippen LogP contribution >= 0.6 is 15.9 Å². The number of fused-ring (bicyclic) bond motifs is 1. The van der Waals surface area contributed by atoms with Crippen molar-refractivity contribution in [3.8, 4) is 22.8 Å². The Morgan fingerprint density at radius 3 is 2.53 bits per heavy atom. The Balaban J connectivity index is 1.57. The number of rotatable bonds is 12. The predicted molar refractivity (Wildman–Crippen MR) is 169 cm³/mol. The lowest BCUT2D eigenvalue weighted by Gasteiger charge is -2.27. The van der Waals surface area contributed by atoms with Crippen LogP contribution in [0.2, 0.25) is 25.7 Å². The zero-order chi connectivity index (χ0) is 30.7. The first-order valence-corrected chi connectivity index (χ1v) is 18.2. The van der Waals surface area contributed by atoms with Crippen LogP contribution in [0.4, 0.5) is 15.9 Å². The van der Waals surface area contributed by atoms with Gasteiger partial charge in [0.25, 0.3) is 0 Å². The van der Waals surface area contributed by atoms with Gasteiger partial charge < -0.3 is 23.7 Å². The fourth-order valence-corrected chi connectivity index (χ4v) is 5.59. The summed E-state index contributed by atoms with van der Waals surface area (Å²) in [5.74, 6) is 0.974. The molecule has 1 aromatic carbocycles. The molecule has 0 radical (unpaired) electrons. The molecule has 5 rings (SSSR count). The molecule has 5 aromatic rings. The summed E-state index contributed by atoms with van der Waals surface area (Å²) in [7, 11) is 3.52. The number of methoxy groups -OCH3 is 2. The number of nitrogens with zero attached hydrogens (tertiary/aromatic N) is 8. The molecule has 0 aliphatic carbocycles. The monoisotopic (exact) mass is 668 g/mol. The van der Waals surface area contributed by atoms with Gasteiger partial charge in [0.15, 0.2) is 17.2 Å². The molecule has 0 amide bonds. The first-order chi connectivity index (χ1) is 20.5. The molecule has 0 aliphatic rings. The zero-order valence-electron chi connectivity index (χ0n) is 25.0. The van der Waals surface area contributed by atoms with Gasteiger partial charge in [-0.1, -0.05) is 0 Å². The Kier molecular flexibility index (Phi) is 9.08. The standard InChI is InChI=1S/C29H34BrFN8O3Si/c1-37-15-19(13-33-37)22-14-32-21-7-8-26(36-29(21)34-22)39(23-11-20(40-2)12-24(41-3)28(23)31)17-27-35-25(30)16-38(27)18-42-9-10-43(4,5)6/h7-8,11-16H,9-10,17-18H2,1-6H3/q-1. The highest BCUT2D eigenvalue weighted by Gasteiger charge is 2.23. The van der Waals surface area contributed by atoms with Gasteiger partial charge in [0, 0.05) is 43.7 Å². The van der Waals surface area contributed by atoms with Gasteiger partial charge >= 0.3 is 0 Å². The second kappa shape index (κ2) is 12.8. The number of benzene rings is 1. The highest BCUT2D eigenvalue weighted by atomic mass is 79.9. The summed E-state index contributed by atoms with van der Waals surface area (Å²) in [6.07, 6.45) is 7.10. The molecule has 11 nitrogen and oxygen atoms in total. The summed E-state index contributed by atoms with van der Waals surface area (Å²) < 4.78 is 37.0. The first-order valence-electron chi connectivity index (χ1n) is 13.7. The minimum atomic E-state index is -1.25. The number of imidazole rings is 1. The molecule has 0 spiro atoms. The maximum atomic E-state index is 16.0. The molecule has 4 aromatic heterocycles. The molecule has 0 N–H and O–H groups in total. The second-order valence-electron chi connectivity index (χ2n) is 11.2. The van der Waals surface area contributed by atoms with Crippen LogP contribution in [-0.4, -0.2) is 63.2 Å². The van der Waals surface area contributed by atoms with E-state index in [0.29, 0.717) is 52.2 Å². The van der Waals surface area contributed by atoms with Crippen molar-refractivity contribution in [3.05, 3.63) is 65.3 Å². The highest BCUT2D eigenvalue weighted by molar-refractivity contribution is 9.10. The highest BCUT2D eigenvalue weighted by Crippen LogP contribution is 2.37. The van der Waals surface area contributed by atoms with Crippen molar-refractivity contribution in [2.75, 3.05) is 25.7 Å². The lowest BCUT2D eigenvalue weighted by molar-refractivity contribution is 0.0851. The molecular weight excluding hydrogens is 635 g/mol. The Labute approximate surface area is 258 Å². The zero-order valence-corrected chi connectivity index (χ0v) is 27.6. The maximum Gasteiger partial charge on any atom is 0.188 e. The molecular formula is C29H34BrFN8O3Si-. The third-order valence-corrected chi connectivity index (χ3v) is 8.85. The molecule has 0 unspecified atom stereocenters.